The number of nitrogens with zero attached hydrogens (tertiary/aromatic N) is 1. The lowest BCUT2D eigenvalue weighted by molar-refractivity contribution is -0.120. The summed E-state index contributed by atoms with van der Waals surface area (Å²) in [5, 5.41) is 3.42. The van der Waals surface area contributed by atoms with E-state index in [9.17, 15) is 9.18 Å². The topological polar surface area (TPSA) is 41.6 Å². The first-order valence-electron chi connectivity index (χ1n) is 8.07. The zero-order valence-corrected chi connectivity index (χ0v) is 15.3. The first-order chi connectivity index (χ1) is 11.9. The molecule has 6 heteroatoms. The van der Waals surface area contributed by atoms with E-state index in [0.717, 1.165) is 5.56 Å². The van der Waals surface area contributed by atoms with E-state index < -0.39 is 5.82 Å². The molecule has 1 amide bonds. The van der Waals surface area contributed by atoms with Crippen LogP contribution in [0.15, 0.2) is 42.5 Å². The summed E-state index contributed by atoms with van der Waals surface area (Å²) in [5.74, 6) is -0.344. The van der Waals surface area contributed by atoms with E-state index in [4.69, 9.17) is 16.3 Å². The van der Waals surface area contributed by atoms with E-state index in [1.54, 1.807) is 36.4 Å². The van der Waals surface area contributed by atoms with Gasteiger partial charge in [-0.15, -0.1) is 0 Å². The Bertz CT molecular complexity index is 739. The predicted molar refractivity (Wildman–Crippen MR) is 98.6 cm³/mol. The van der Waals surface area contributed by atoms with Crippen LogP contribution in [-0.4, -0.2) is 30.5 Å². The Hall–Kier alpha value is -2.11. The third-order valence-corrected chi connectivity index (χ3v) is 4.26. The number of hydrogen-bond donors (Lipinski definition) is 1. The Morgan fingerprint density at radius 3 is 2.68 bits per heavy atom. The number of anilines is 1. The van der Waals surface area contributed by atoms with E-state index in [-0.39, 0.29) is 17.7 Å². The van der Waals surface area contributed by atoms with Gasteiger partial charge in [-0.3, -0.25) is 9.69 Å². The summed E-state index contributed by atoms with van der Waals surface area (Å²) in [4.78, 5) is 14.5. The summed E-state index contributed by atoms with van der Waals surface area (Å²) in [6.45, 7) is 4.89. The summed E-state index contributed by atoms with van der Waals surface area (Å²) in [5.41, 5.74) is 1.43. The van der Waals surface area contributed by atoms with E-state index in [1.165, 1.54) is 13.2 Å². The van der Waals surface area contributed by atoms with E-state index in [2.05, 4.69) is 5.32 Å². The van der Waals surface area contributed by atoms with Crippen LogP contribution >= 0.6 is 11.6 Å². The van der Waals surface area contributed by atoms with Crippen molar-refractivity contribution < 1.29 is 13.9 Å². The molecule has 4 nitrogen and oxygen atoms in total. The van der Waals surface area contributed by atoms with Gasteiger partial charge in [0.25, 0.3) is 0 Å². The highest BCUT2D eigenvalue weighted by molar-refractivity contribution is 6.30. The lowest BCUT2D eigenvalue weighted by atomic mass is 10.1. The molecule has 0 saturated heterocycles. The average molecular weight is 365 g/mol. The molecule has 0 fully saturated rings. The van der Waals surface area contributed by atoms with Gasteiger partial charge in [0.1, 0.15) is 0 Å². The molecule has 0 bridgehead atoms. The second-order valence-electron chi connectivity index (χ2n) is 5.71. The van der Waals surface area contributed by atoms with Crippen molar-refractivity contribution in [2.75, 3.05) is 19.0 Å². The Balaban J connectivity index is 2.05. The highest BCUT2D eigenvalue weighted by Gasteiger charge is 2.21. The van der Waals surface area contributed by atoms with Crippen LogP contribution in [0.3, 0.4) is 0 Å². The minimum Gasteiger partial charge on any atom is -0.494 e. The Morgan fingerprint density at radius 2 is 2.08 bits per heavy atom. The standard InChI is InChI=1S/C19H22ClFN2O2/c1-4-23(12-14-8-9-18(25-3)17(21)10-14)13(2)19(24)22-16-7-5-6-15(20)11-16/h5-11,13H,4,12H2,1-3H3,(H,22,24)/t13-/m1/s1. The maximum atomic E-state index is 13.9. The summed E-state index contributed by atoms with van der Waals surface area (Å²) in [6.07, 6.45) is 0. The molecule has 0 saturated carbocycles. The van der Waals surface area contributed by atoms with Crippen molar-refractivity contribution in [1.82, 2.24) is 4.90 Å². The second-order valence-corrected chi connectivity index (χ2v) is 6.14. The Labute approximate surface area is 152 Å². The van der Waals surface area contributed by atoms with Gasteiger partial charge in [-0.1, -0.05) is 30.7 Å². The quantitative estimate of drug-likeness (QED) is 0.794. The summed E-state index contributed by atoms with van der Waals surface area (Å²) in [7, 11) is 1.43. The van der Waals surface area contributed by atoms with Gasteiger partial charge in [0.15, 0.2) is 11.6 Å². The Morgan fingerprint density at radius 1 is 1.32 bits per heavy atom. The summed E-state index contributed by atoms with van der Waals surface area (Å²) in [6, 6.07) is 11.4. The van der Waals surface area contributed by atoms with Gasteiger partial charge in [-0.05, 0) is 49.4 Å². The molecule has 0 aliphatic rings. The monoisotopic (exact) mass is 364 g/mol. The van der Waals surface area contributed by atoms with E-state index in [1.807, 2.05) is 18.7 Å². The number of hydrogen-bond acceptors (Lipinski definition) is 3. The van der Waals surface area contributed by atoms with Crippen LogP contribution in [0.5, 0.6) is 5.75 Å². The molecule has 25 heavy (non-hydrogen) atoms. The van der Waals surface area contributed by atoms with Crippen molar-refractivity contribution in [2.24, 2.45) is 0 Å². The van der Waals surface area contributed by atoms with Crippen LogP contribution < -0.4 is 10.1 Å². The van der Waals surface area contributed by atoms with E-state index in [0.29, 0.717) is 23.8 Å². The fraction of sp³-hybridized carbons (Fsp3) is 0.316. The van der Waals surface area contributed by atoms with Crippen molar-refractivity contribution in [3.63, 3.8) is 0 Å². The maximum absolute atomic E-state index is 13.9. The molecule has 1 atom stereocenters. The van der Waals surface area contributed by atoms with Gasteiger partial charge in [0.2, 0.25) is 5.91 Å². The molecular weight excluding hydrogens is 343 g/mol. The van der Waals surface area contributed by atoms with Gasteiger partial charge in [0.05, 0.1) is 13.2 Å². The number of methoxy groups -OCH3 is 1. The van der Waals surface area contributed by atoms with Crippen LogP contribution in [0, 0.1) is 5.82 Å². The second kappa shape index (κ2) is 8.83. The van der Waals surface area contributed by atoms with Gasteiger partial charge < -0.3 is 10.1 Å². The van der Waals surface area contributed by atoms with Crippen LogP contribution in [0.1, 0.15) is 19.4 Å². The number of rotatable bonds is 7. The molecule has 134 valence electrons. The molecule has 1 N–H and O–H groups in total. The molecular formula is C19H22ClFN2O2. The maximum Gasteiger partial charge on any atom is 0.241 e. The average Bonchev–Trinajstić information content (AvgIpc) is 2.59. The van der Waals surface area contributed by atoms with Gasteiger partial charge in [0, 0.05) is 17.3 Å². The van der Waals surface area contributed by atoms with E-state index >= 15 is 0 Å². The van der Waals surface area contributed by atoms with Gasteiger partial charge >= 0.3 is 0 Å². The molecule has 0 heterocycles. The fourth-order valence-electron chi connectivity index (χ4n) is 2.54. The summed E-state index contributed by atoms with van der Waals surface area (Å²) < 4.78 is 18.8. The number of nitrogens with one attached hydrogen (secondary N) is 1. The third-order valence-electron chi connectivity index (χ3n) is 4.03. The smallest absolute Gasteiger partial charge is 0.241 e. The van der Waals surface area contributed by atoms with Gasteiger partial charge in [-0.2, -0.15) is 0 Å². The van der Waals surface area contributed by atoms with Crippen molar-refractivity contribution >= 4 is 23.2 Å². The lowest BCUT2D eigenvalue weighted by Crippen LogP contribution is -2.41. The number of halogens is 2. The number of carbonyl (C=O) groups excluding carboxylic acids is 1. The first-order valence-corrected chi connectivity index (χ1v) is 8.45. The zero-order valence-electron chi connectivity index (χ0n) is 14.6. The molecule has 2 aromatic carbocycles. The van der Waals surface area contributed by atoms with Crippen molar-refractivity contribution in [2.45, 2.75) is 26.4 Å². The number of ether oxygens (including phenoxy) is 1. The largest absolute Gasteiger partial charge is 0.494 e. The van der Waals surface area contributed by atoms with Crippen LogP contribution in [0.25, 0.3) is 0 Å². The van der Waals surface area contributed by atoms with Crippen LogP contribution in [0.4, 0.5) is 10.1 Å². The SMILES string of the molecule is CCN(Cc1ccc(OC)c(F)c1)[C@H](C)C(=O)Nc1cccc(Cl)c1. The fourth-order valence-corrected chi connectivity index (χ4v) is 2.73. The number of likely N-dealkylation sites (N-methyl/N-ethyl adjacent to an activating group) is 1. The third kappa shape index (κ3) is 5.18. The highest BCUT2D eigenvalue weighted by Crippen LogP contribution is 2.20. The molecule has 0 radical (unpaired) electrons. The predicted octanol–water partition coefficient (Wildman–Crippen LogP) is 4.34. The number of benzene rings is 2. The molecule has 2 aromatic rings. The number of carbonyl (C=O) groups is 1. The minimum absolute atomic E-state index is 0.141. The van der Waals surface area contributed by atoms with Crippen molar-refractivity contribution in [3.05, 3.63) is 58.9 Å². The molecule has 0 spiro atoms. The highest BCUT2D eigenvalue weighted by atomic mass is 35.5. The lowest BCUT2D eigenvalue weighted by Gasteiger charge is -2.27. The van der Waals surface area contributed by atoms with Crippen LogP contribution in [-0.2, 0) is 11.3 Å². The molecule has 0 aliphatic carbocycles. The van der Waals surface area contributed by atoms with Crippen molar-refractivity contribution in [3.8, 4) is 5.75 Å². The van der Waals surface area contributed by atoms with Gasteiger partial charge in [-0.25, -0.2) is 4.39 Å². The molecule has 0 aliphatic heterocycles. The molecule has 0 unspecified atom stereocenters. The first kappa shape index (κ1) is 19.2. The van der Waals surface area contributed by atoms with Crippen molar-refractivity contribution in [1.29, 1.82) is 0 Å². The minimum atomic E-state index is -0.410. The zero-order chi connectivity index (χ0) is 18.4. The number of amides is 1. The molecule has 2 rings (SSSR count). The summed E-state index contributed by atoms with van der Waals surface area (Å²) >= 11 is 5.94. The molecule has 0 aromatic heterocycles. The normalized spacial score (nSPS) is 12.1. The van der Waals surface area contributed by atoms with Crippen LogP contribution in [0.2, 0.25) is 5.02 Å². The Kier molecular flexibility index (Phi) is 6.79.